The van der Waals surface area contributed by atoms with Crippen molar-refractivity contribution in [2.45, 2.75) is 25.8 Å². The van der Waals surface area contributed by atoms with Crippen molar-refractivity contribution >= 4 is 11.5 Å². The smallest absolute Gasteiger partial charge is 0.177 e. The second-order valence-corrected chi connectivity index (χ2v) is 4.23. The molecule has 0 aliphatic heterocycles. The molecule has 3 rings (SSSR count). The fourth-order valence-electron chi connectivity index (χ4n) is 1.46. The first-order valence-corrected chi connectivity index (χ1v) is 5.32. The van der Waals surface area contributed by atoms with Crippen LogP contribution in [0.25, 0.3) is 10.7 Å². The monoisotopic (exact) mass is 207 g/mol. The quantitative estimate of drug-likeness (QED) is 0.747. The molecule has 1 aliphatic rings. The van der Waals surface area contributed by atoms with Crippen molar-refractivity contribution in [1.82, 2.24) is 24.4 Å². The van der Waals surface area contributed by atoms with E-state index in [1.165, 1.54) is 24.4 Å². The Labute approximate surface area is 85.0 Å². The number of hydrogen-bond donors (Lipinski definition) is 0. The number of nitrogens with zero attached hydrogens (tertiary/aromatic N) is 5. The summed E-state index contributed by atoms with van der Waals surface area (Å²) in [5, 5.41) is 12.0. The number of aromatic nitrogens is 5. The SMILES string of the molecule is Cc1nnsc1-c1nncn1C1CC1. The highest BCUT2D eigenvalue weighted by Crippen LogP contribution is 2.38. The van der Waals surface area contributed by atoms with Gasteiger partial charge in [-0.2, -0.15) is 0 Å². The van der Waals surface area contributed by atoms with Crippen LogP contribution < -0.4 is 0 Å². The maximum Gasteiger partial charge on any atom is 0.177 e. The van der Waals surface area contributed by atoms with Crippen LogP contribution in [-0.2, 0) is 0 Å². The highest BCUT2D eigenvalue weighted by Gasteiger charge is 2.27. The molecule has 14 heavy (non-hydrogen) atoms. The zero-order chi connectivity index (χ0) is 9.54. The van der Waals surface area contributed by atoms with E-state index in [1.807, 2.05) is 6.92 Å². The van der Waals surface area contributed by atoms with Gasteiger partial charge in [-0.25, -0.2) is 0 Å². The van der Waals surface area contributed by atoms with E-state index in [0.717, 1.165) is 16.4 Å². The van der Waals surface area contributed by atoms with Gasteiger partial charge in [-0.15, -0.1) is 15.3 Å². The van der Waals surface area contributed by atoms with Gasteiger partial charge in [-0.3, -0.25) is 0 Å². The number of rotatable bonds is 2. The molecule has 0 N–H and O–H groups in total. The normalized spacial score (nSPS) is 16.1. The Balaban J connectivity index is 2.11. The van der Waals surface area contributed by atoms with Crippen molar-refractivity contribution in [3.05, 3.63) is 12.0 Å². The van der Waals surface area contributed by atoms with Crippen LogP contribution in [0.3, 0.4) is 0 Å². The molecule has 6 heteroatoms. The van der Waals surface area contributed by atoms with Crippen molar-refractivity contribution in [2.75, 3.05) is 0 Å². The van der Waals surface area contributed by atoms with Crippen molar-refractivity contribution in [1.29, 1.82) is 0 Å². The Morgan fingerprint density at radius 1 is 1.43 bits per heavy atom. The van der Waals surface area contributed by atoms with Crippen LogP contribution in [0.2, 0.25) is 0 Å². The molecule has 72 valence electrons. The minimum absolute atomic E-state index is 0.599. The number of hydrogen-bond acceptors (Lipinski definition) is 5. The van der Waals surface area contributed by atoms with E-state index in [1.54, 1.807) is 6.33 Å². The summed E-state index contributed by atoms with van der Waals surface area (Å²) in [5.74, 6) is 0.917. The largest absolute Gasteiger partial charge is 0.310 e. The lowest BCUT2D eigenvalue weighted by atomic mass is 10.4. The Bertz CT molecular complexity index is 456. The molecule has 1 aliphatic carbocycles. The molecule has 0 bridgehead atoms. The van der Waals surface area contributed by atoms with Crippen molar-refractivity contribution in [2.24, 2.45) is 0 Å². The van der Waals surface area contributed by atoms with Crippen LogP contribution in [0.1, 0.15) is 24.6 Å². The maximum atomic E-state index is 4.12. The molecule has 0 saturated heterocycles. The van der Waals surface area contributed by atoms with Gasteiger partial charge in [0.1, 0.15) is 11.2 Å². The van der Waals surface area contributed by atoms with E-state index in [2.05, 4.69) is 24.4 Å². The molecule has 0 amide bonds. The van der Waals surface area contributed by atoms with E-state index in [0.29, 0.717) is 6.04 Å². The van der Waals surface area contributed by atoms with Crippen molar-refractivity contribution < 1.29 is 0 Å². The summed E-state index contributed by atoms with van der Waals surface area (Å²) < 4.78 is 6.04. The van der Waals surface area contributed by atoms with E-state index in [-0.39, 0.29) is 0 Å². The minimum atomic E-state index is 0.599. The lowest BCUT2D eigenvalue weighted by Crippen LogP contribution is -1.95. The first-order chi connectivity index (χ1) is 6.86. The molecule has 0 spiro atoms. The maximum absolute atomic E-state index is 4.12. The lowest BCUT2D eigenvalue weighted by Gasteiger charge is -2.01. The van der Waals surface area contributed by atoms with E-state index in [4.69, 9.17) is 0 Å². The van der Waals surface area contributed by atoms with Crippen molar-refractivity contribution in [3.8, 4) is 10.7 Å². The summed E-state index contributed by atoms with van der Waals surface area (Å²) in [6, 6.07) is 0.599. The number of aryl methyl sites for hydroxylation is 1. The highest BCUT2D eigenvalue weighted by molar-refractivity contribution is 7.09. The van der Waals surface area contributed by atoms with Crippen LogP contribution in [-0.4, -0.2) is 24.4 Å². The lowest BCUT2D eigenvalue weighted by molar-refractivity contribution is 0.746. The summed E-state index contributed by atoms with van der Waals surface area (Å²) in [6.07, 6.45) is 4.26. The molecule has 0 aromatic carbocycles. The predicted molar refractivity (Wildman–Crippen MR) is 51.9 cm³/mol. The second-order valence-electron chi connectivity index (χ2n) is 3.48. The molecule has 1 saturated carbocycles. The summed E-state index contributed by atoms with van der Waals surface area (Å²) in [6.45, 7) is 1.95. The minimum Gasteiger partial charge on any atom is -0.310 e. The Morgan fingerprint density at radius 3 is 2.93 bits per heavy atom. The van der Waals surface area contributed by atoms with Gasteiger partial charge in [0.05, 0.1) is 5.69 Å². The predicted octanol–water partition coefficient (Wildman–Crippen LogP) is 1.44. The van der Waals surface area contributed by atoms with Gasteiger partial charge in [0.15, 0.2) is 5.82 Å². The van der Waals surface area contributed by atoms with Crippen molar-refractivity contribution in [3.63, 3.8) is 0 Å². The van der Waals surface area contributed by atoms with Crippen LogP contribution >= 0.6 is 11.5 Å². The molecule has 0 radical (unpaired) electrons. The van der Waals surface area contributed by atoms with E-state index >= 15 is 0 Å². The third-order valence-electron chi connectivity index (χ3n) is 2.37. The van der Waals surface area contributed by atoms with Crippen LogP contribution in [0.15, 0.2) is 6.33 Å². The topological polar surface area (TPSA) is 56.5 Å². The zero-order valence-electron chi connectivity index (χ0n) is 7.71. The summed E-state index contributed by atoms with van der Waals surface area (Å²) in [5.41, 5.74) is 0.935. The van der Waals surface area contributed by atoms with Gasteiger partial charge in [0, 0.05) is 6.04 Å². The third kappa shape index (κ3) is 1.14. The van der Waals surface area contributed by atoms with Crippen LogP contribution in [0.4, 0.5) is 0 Å². The average molecular weight is 207 g/mol. The average Bonchev–Trinajstić information content (AvgIpc) is 2.75. The highest BCUT2D eigenvalue weighted by atomic mass is 32.1. The van der Waals surface area contributed by atoms with Gasteiger partial charge < -0.3 is 4.57 Å². The molecule has 1 fully saturated rings. The second kappa shape index (κ2) is 2.84. The first kappa shape index (κ1) is 8.05. The molecule has 2 aromatic heterocycles. The van der Waals surface area contributed by atoms with Gasteiger partial charge in [-0.05, 0) is 31.3 Å². The first-order valence-electron chi connectivity index (χ1n) is 4.55. The standard InChI is InChI=1S/C8H9N5S/c1-5-7(14-12-10-5)8-11-9-4-13(8)6-2-3-6/h4,6H,2-3H2,1H3. The van der Waals surface area contributed by atoms with Crippen LogP contribution in [0, 0.1) is 6.92 Å². The molecular weight excluding hydrogens is 198 g/mol. The molecular formula is C8H9N5S. The molecule has 0 atom stereocenters. The van der Waals surface area contributed by atoms with Gasteiger partial charge in [-0.1, -0.05) is 4.49 Å². The molecule has 0 unspecified atom stereocenters. The van der Waals surface area contributed by atoms with Gasteiger partial charge >= 0.3 is 0 Å². The Hall–Kier alpha value is -1.30. The molecule has 5 nitrogen and oxygen atoms in total. The zero-order valence-corrected chi connectivity index (χ0v) is 8.53. The van der Waals surface area contributed by atoms with Crippen LogP contribution in [0.5, 0.6) is 0 Å². The molecule has 2 heterocycles. The molecule has 2 aromatic rings. The summed E-state index contributed by atoms with van der Waals surface area (Å²) in [7, 11) is 0. The fraction of sp³-hybridized carbons (Fsp3) is 0.500. The van der Waals surface area contributed by atoms with E-state index in [9.17, 15) is 0 Å². The Kier molecular flexibility index (Phi) is 1.63. The summed E-state index contributed by atoms with van der Waals surface area (Å²) >= 11 is 1.38. The van der Waals surface area contributed by atoms with Gasteiger partial charge in [0.25, 0.3) is 0 Å². The van der Waals surface area contributed by atoms with Gasteiger partial charge in [0.2, 0.25) is 0 Å². The Morgan fingerprint density at radius 2 is 2.29 bits per heavy atom. The summed E-state index contributed by atoms with van der Waals surface area (Å²) in [4.78, 5) is 1.04. The van der Waals surface area contributed by atoms with E-state index < -0.39 is 0 Å². The fourth-order valence-corrected chi connectivity index (χ4v) is 2.11. The third-order valence-corrected chi connectivity index (χ3v) is 3.19.